The second kappa shape index (κ2) is 12.3. The summed E-state index contributed by atoms with van der Waals surface area (Å²) in [5.74, 6) is -1.14. The summed E-state index contributed by atoms with van der Waals surface area (Å²) in [4.78, 5) is 25.0. The quantitative estimate of drug-likeness (QED) is 0.221. The Labute approximate surface area is 287 Å². The maximum Gasteiger partial charge on any atom is 0.409 e. The zero-order chi connectivity index (χ0) is 34.0. The number of fused-ring (bicyclic) bond motifs is 2. The number of halogens is 4. The molecule has 8 rings (SSSR count). The van der Waals surface area contributed by atoms with Crippen molar-refractivity contribution in [2.45, 2.75) is 49.9 Å². The van der Waals surface area contributed by atoms with Gasteiger partial charge in [-0.2, -0.15) is 15.2 Å². The molecule has 256 valence electrons. The lowest BCUT2D eigenvalue weighted by Gasteiger charge is -2.34. The van der Waals surface area contributed by atoms with Gasteiger partial charge in [-0.3, -0.25) is 10.2 Å². The zero-order valence-electron chi connectivity index (χ0n) is 26.0. The van der Waals surface area contributed by atoms with Crippen LogP contribution in [0.2, 0.25) is 5.02 Å². The maximum atomic E-state index is 17.2. The minimum atomic E-state index is -1.45. The minimum absolute atomic E-state index is 0.00797. The zero-order valence-corrected chi connectivity index (χ0v) is 27.6. The fraction of sp³-hybridized carbons (Fsp3) is 0.455. The smallest absolute Gasteiger partial charge is 0.409 e. The number of rotatable bonds is 6. The molecule has 4 aromatic rings. The molecule has 49 heavy (non-hydrogen) atoms. The average molecular weight is 715 g/mol. The first kappa shape index (κ1) is 32.1. The third kappa shape index (κ3) is 5.27. The van der Waals surface area contributed by atoms with Crippen LogP contribution in [-0.4, -0.2) is 89.9 Å². The van der Waals surface area contributed by atoms with Crippen molar-refractivity contribution in [3.8, 4) is 29.0 Å². The van der Waals surface area contributed by atoms with E-state index in [9.17, 15) is 19.6 Å². The molecule has 3 fully saturated rings. The summed E-state index contributed by atoms with van der Waals surface area (Å²) in [7, 11) is 0. The summed E-state index contributed by atoms with van der Waals surface area (Å²) in [6.07, 6.45) is 1.21. The van der Waals surface area contributed by atoms with Gasteiger partial charge in [0.05, 0.1) is 45.4 Å². The maximum absolute atomic E-state index is 17.2. The van der Waals surface area contributed by atoms with Crippen LogP contribution >= 0.6 is 22.9 Å². The van der Waals surface area contributed by atoms with E-state index in [1.807, 2.05) is 11.0 Å². The number of amides is 1. The predicted molar refractivity (Wildman–Crippen MR) is 177 cm³/mol. The van der Waals surface area contributed by atoms with E-state index in [0.29, 0.717) is 38.5 Å². The van der Waals surface area contributed by atoms with E-state index in [4.69, 9.17) is 30.8 Å². The molecule has 6 heterocycles. The molecule has 11 nitrogen and oxygen atoms in total. The molecule has 0 radical (unpaired) electrons. The first-order chi connectivity index (χ1) is 23.7. The third-order valence-corrected chi connectivity index (χ3v) is 11.5. The van der Waals surface area contributed by atoms with E-state index in [0.717, 1.165) is 49.6 Å². The molecule has 0 bridgehead atoms. The van der Waals surface area contributed by atoms with Gasteiger partial charge in [0.15, 0.2) is 11.6 Å². The molecule has 3 atom stereocenters. The number of aromatic nitrogens is 2. The van der Waals surface area contributed by atoms with E-state index in [2.05, 4.69) is 15.2 Å². The van der Waals surface area contributed by atoms with Crippen LogP contribution < -0.4 is 19.7 Å². The van der Waals surface area contributed by atoms with Gasteiger partial charge in [0.2, 0.25) is 0 Å². The van der Waals surface area contributed by atoms with Crippen LogP contribution in [0.4, 0.5) is 28.8 Å². The van der Waals surface area contributed by atoms with Gasteiger partial charge in [-0.05, 0) is 43.9 Å². The monoisotopic (exact) mass is 714 g/mol. The number of hydrogen-bond donors (Lipinski definition) is 2. The summed E-state index contributed by atoms with van der Waals surface area (Å²) in [5.41, 5.74) is -1.000. The van der Waals surface area contributed by atoms with Crippen LogP contribution in [0.5, 0.6) is 11.8 Å². The van der Waals surface area contributed by atoms with Crippen molar-refractivity contribution in [1.82, 2.24) is 14.9 Å². The second-order valence-electron chi connectivity index (χ2n) is 12.8. The molecular weight excluding hydrogens is 685 g/mol. The van der Waals surface area contributed by atoms with Gasteiger partial charge >= 0.3 is 12.1 Å². The molecule has 16 heteroatoms. The SMILES string of the molecule is N#Cc1c(NC(=O)O)sc2c(F)ccc(-c3c(Cl)c4c5c(nc(OC[C@@]67CCCN6C[C@H](F)C7)nc5c3F)N(C3CCCOC3)CCO4)c12. The molecular formula is C33H30ClF3N6O5S. The molecule has 2 aromatic carbocycles. The highest BCUT2D eigenvalue weighted by Crippen LogP contribution is 2.51. The Morgan fingerprint density at radius 2 is 2.10 bits per heavy atom. The Morgan fingerprint density at radius 3 is 2.88 bits per heavy atom. The molecule has 4 aliphatic rings. The largest absolute Gasteiger partial charge is 0.489 e. The highest BCUT2D eigenvalue weighted by molar-refractivity contribution is 7.23. The van der Waals surface area contributed by atoms with E-state index < -0.39 is 29.4 Å². The molecule has 2 aromatic heterocycles. The first-order valence-corrected chi connectivity index (χ1v) is 17.3. The van der Waals surface area contributed by atoms with Crippen LogP contribution in [0.25, 0.3) is 32.1 Å². The van der Waals surface area contributed by atoms with Gasteiger partial charge in [0, 0.05) is 30.5 Å². The molecule has 0 spiro atoms. The summed E-state index contributed by atoms with van der Waals surface area (Å²) < 4.78 is 65.1. The average Bonchev–Trinajstić information content (AvgIpc) is 3.69. The lowest BCUT2D eigenvalue weighted by atomic mass is 9.95. The van der Waals surface area contributed by atoms with Crippen molar-refractivity contribution in [2.75, 3.05) is 56.3 Å². The Morgan fingerprint density at radius 1 is 1.24 bits per heavy atom. The lowest BCUT2D eigenvalue weighted by Crippen LogP contribution is -2.44. The van der Waals surface area contributed by atoms with Gasteiger partial charge in [-0.15, -0.1) is 11.3 Å². The molecule has 0 saturated carbocycles. The van der Waals surface area contributed by atoms with Gasteiger partial charge in [0.1, 0.15) is 47.6 Å². The topological polar surface area (TPSA) is 133 Å². The fourth-order valence-electron chi connectivity index (χ4n) is 7.88. The number of carbonyl (C=O) groups is 1. The molecule has 3 saturated heterocycles. The second-order valence-corrected chi connectivity index (χ2v) is 14.2. The normalized spacial score (nSPS) is 23.7. The predicted octanol–water partition coefficient (Wildman–Crippen LogP) is 6.74. The van der Waals surface area contributed by atoms with Gasteiger partial charge in [-0.25, -0.2) is 18.0 Å². The molecule has 4 aliphatic heterocycles. The highest BCUT2D eigenvalue weighted by Gasteiger charge is 2.49. The van der Waals surface area contributed by atoms with Gasteiger partial charge in [-0.1, -0.05) is 17.7 Å². The molecule has 0 aliphatic carbocycles. The van der Waals surface area contributed by atoms with Crippen LogP contribution in [0.15, 0.2) is 12.1 Å². The van der Waals surface area contributed by atoms with Crippen LogP contribution in [0.3, 0.4) is 0 Å². The van der Waals surface area contributed by atoms with Crippen LogP contribution in [0.1, 0.15) is 37.7 Å². The summed E-state index contributed by atoms with van der Waals surface area (Å²) in [6, 6.07) is 4.14. The first-order valence-electron chi connectivity index (χ1n) is 16.1. The number of ether oxygens (including phenoxy) is 3. The number of nitriles is 1. The number of nitrogens with one attached hydrogen (secondary N) is 1. The molecule has 1 amide bonds. The summed E-state index contributed by atoms with van der Waals surface area (Å²) in [6.45, 7) is 2.81. The van der Waals surface area contributed by atoms with Crippen molar-refractivity contribution < 1.29 is 37.3 Å². The van der Waals surface area contributed by atoms with E-state index in [1.54, 1.807) is 0 Å². The van der Waals surface area contributed by atoms with Crippen LogP contribution in [0, 0.1) is 23.0 Å². The number of alkyl halides is 1. The van der Waals surface area contributed by atoms with Crippen molar-refractivity contribution >= 4 is 60.8 Å². The number of hydrogen-bond acceptors (Lipinski definition) is 10. The van der Waals surface area contributed by atoms with Crippen molar-refractivity contribution in [2.24, 2.45) is 0 Å². The standard InChI is InChI=1S/C33H30ClF3N6O5S/c34-24-22(18-4-5-20(36)28-21(18)19(12-38)30(49-28)41-32(44)45)25(37)26-23-27(24)47-10-8-43(17-3-1-9-46-14-17)29(23)40-31(39-26)48-15-33-6-2-7-42(33)13-16(35)11-33/h4-5,16-17,41H,1-3,6-11,13-15H2,(H,44,45)/t16-,17?,33+/m1/s1. The summed E-state index contributed by atoms with van der Waals surface area (Å²) in [5, 5.41) is 21.5. The molecule has 1 unspecified atom stereocenters. The van der Waals surface area contributed by atoms with Crippen molar-refractivity contribution in [3.63, 3.8) is 0 Å². The van der Waals surface area contributed by atoms with E-state index in [-0.39, 0.29) is 78.7 Å². The number of nitrogens with zero attached hydrogens (tertiary/aromatic N) is 5. The Kier molecular flexibility index (Phi) is 8.09. The van der Waals surface area contributed by atoms with E-state index in [1.165, 1.54) is 6.07 Å². The van der Waals surface area contributed by atoms with Gasteiger partial charge < -0.3 is 24.2 Å². The number of anilines is 2. The Hall–Kier alpha value is -4.10. The number of carboxylic acid groups (broad SMARTS) is 1. The minimum Gasteiger partial charge on any atom is -0.489 e. The lowest BCUT2D eigenvalue weighted by molar-refractivity contribution is 0.0783. The van der Waals surface area contributed by atoms with E-state index >= 15 is 8.78 Å². The number of benzene rings is 2. The fourth-order valence-corrected chi connectivity index (χ4v) is 9.28. The highest BCUT2D eigenvalue weighted by atomic mass is 35.5. The van der Waals surface area contributed by atoms with Gasteiger partial charge in [0.25, 0.3) is 0 Å². The summed E-state index contributed by atoms with van der Waals surface area (Å²) >= 11 is 7.73. The van der Waals surface area contributed by atoms with Crippen molar-refractivity contribution in [3.05, 3.63) is 34.4 Å². The van der Waals surface area contributed by atoms with Crippen molar-refractivity contribution in [1.29, 1.82) is 5.26 Å². The Balaban J connectivity index is 1.34. The third-order valence-electron chi connectivity index (χ3n) is 9.99. The Bertz CT molecular complexity index is 2060. The number of thiophene rings is 1. The van der Waals surface area contributed by atoms with Crippen LogP contribution in [-0.2, 0) is 4.74 Å². The molecule has 2 N–H and O–H groups in total.